The summed E-state index contributed by atoms with van der Waals surface area (Å²) >= 11 is 0.586. The van der Waals surface area contributed by atoms with Crippen LogP contribution in [0.25, 0.3) is 21.5 Å². The molecule has 46 heavy (non-hydrogen) atoms. The Kier molecular flexibility index (Phi) is 9.51. The maximum absolute atomic E-state index is 2.48. The average molecular weight is 1020 g/mol. The van der Waals surface area contributed by atoms with E-state index in [-0.39, 0.29) is 0 Å². The average Bonchev–Trinajstić information content (AvgIpc) is 3.05. The van der Waals surface area contributed by atoms with Gasteiger partial charge < -0.3 is 0 Å². The molecule has 0 atom stereocenters. The number of fused-ring (bicyclic) bond motifs is 2. The molecule has 0 aromatic heterocycles. The van der Waals surface area contributed by atoms with Gasteiger partial charge in [0.2, 0.25) is 0 Å². The van der Waals surface area contributed by atoms with Crippen molar-refractivity contribution in [1.29, 1.82) is 0 Å². The molecule has 218 valence electrons. The van der Waals surface area contributed by atoms with E-state index in [9.17, 15) is 0 Å². The van der Waals surface area contributed by atoms with Crippen molar-refractivity contribution in [3.05, 3.63) is 156 Å². The number of hydrogen-bond acceptors (Lipinski definition) is 2. The third-order valence-corrected chi connectivity index (χ3v) is 14.5. The van der Waals surface area contributed by atoms with E-state index in [1.807, 2.05) is 0 Å². The zero-order valence-electron chi connectivity index (χ0n) is 27.6. The van der Waals surface area contributed by atoms with Gasteiger partial charge in [-0.1, -0.05) is 0 Å². The molecule has 0 saturated carbocycles. The molecule has 0 aliphatic rings. The first kappa shape index (κ1) is 32.2. The Balaban J connectivity index is 1.64. The van der Waals surface area contributed by atoms with Crippen molar-refractivity contribution in [3.63, 3.8) is 0 Å². The van der Waals surface area contributed by atoms with E-state index in [1.54, 1.807) is 0 Å². The fourth-order valence-corrected chi connectivity index (χ4v) is 9.22. The zero-order chi connectivity index (χ0) is 31.9. The van der Waals surface area contributed by atoms with Crippen molar-refractivity contribution in [1.82, 2.24) is 0 Å². The summed E-state index contributed by atoms with van der Waals surface area (Å²) in [5, 5.41) is 4.97. The second-order valence-corrected chi connectivity index (χ2v) is 22.3. The van der Waals surface area contributed by atoms with Gasteiger partial charge in [-0.25, -0.2) is 0 Å². The van der Waals surface area contributed by atoms with Crippen molar-refractivity contribution in [2.45, 2.75) is 27.7 Å². The predicted molar refractivity (Wildman–Crippen MR) is 192 cm³/mol. The molecule has 0 aliphatic carbocycles. The monoisotopic (exact) mass is 1020 g/mol. The second-order valence-electron chi connectivity index (χ2n) is 12.8. The summed E-state index contributed by atoms with van der Waals surface area (Å²) in [4.78, 5) is 4.96. The third kappa shape index (κ3) is 6.39. The van der Waals surface area contributed by atoms with Gasteiger partial charge in [0.15, 0.2) is 0 Å². The van der Waals surface area contributed by atoms with E-state index in [2.05, 4.69) is 171 Å². The number of aryl methyl sites for hydroxylation is 4. The van der Waals surface area contributed by atoms with Crippen LogP contribution in [0.15, 0.2) is 133 Å². The molecule has 0 amide bonds. The summed E-state index contributed by atoms with van der Waals surface area (Å²) in [6.07, 6.45) is 0. The molecule has 7 rings (SSSR count). The maximum atomic E-state index is 2.48. The van der Waals surface area contributed by atoms with Crippen LogP contribution >= 0.6 is 0 Å². The Morgan fingerprint density at radius 3 is 0.935 bits per heavy atom. The fraction of sp³-hybridized carbons (Fsp3) is 0.0952. The van der Waals surface area contributed by atoms with E-state index in [0.717, 1.165) is 11.4 Å². The van der Waals surface area contributed by atoms with Gasteiger partial charge in [-0.3, -0.25) is 0 Å². The van der Waals surface area contributed by atoms with Crippen LogP contribution in [0.4, 0.5) is 34.1 Å². The first-order valence-corrected chi connectivity index (χ1v) is 24.3. The van der Waals surface area contributed by atoms with Crippen LogP contribution < -0.4 is 11.0 Å². The normalized spacial score (nSPS) is 11.2. The standard InChI is InChI=1S/C42H34N2.2Ra.2H/c1-29-15-21-35(22-16-29)43(33-11-7-5-8-12-33)41-37-25-19-32(4)28-40(37)42(38-26-20-31(3)27-39(38)41)44(34-13-9-6-10-14-34)36-23-17-30(2)18-24-36;;;;/h7-28H,1-4H3;;;;. The molecule has 2 nitrogen and oxygen atoms in total. The molecule has 7 aromatic carbocycles. The Labute approximate surface area is 331 Å². The van der Waals surface area contributed by atoms with Gasteiger partial charge in [0.1, 0.15) is 0 Å². The number of hydrogen-bond donors (Lipinski definition) is 0. The molecular weight excluding hydrogens is 984 g/mol. The molecule has 0 bridgehead atoms. The van der Waals surface area contributed by atoms with Gasteiger partial charge >= 0.3 is 336 Å². The third-order valence-electron chi connectivity index (χ3n) is 8.99. The van der Waals surface area contributed by atoms with Gasteiger partial charge in [-0.2, -0.15) is 0 Å². The molecule has 0 radical (unpaired) electrons. The summed E-state index contributed by atoms with van der Waals surface area (Å²) < 4.78 is 2.96. The number of benzene rings is 7. The first-order chi connectivity index (χ1) is 22.3. The quantitative estimate of drug-likeness (QED) is 0.121. The van der Waals surface area contributed by atoms with Crippen molar-refractivity contribution < 1.29 is 85.6 Å². The predicted octanol–water partition coefficient (Wildman–Crippen LogP) is 9.98. The van der Waals surface area contributed by atoms with Crippen molar-refractivity contribution >= 4 is 56.9 Å². The summed E-state index contributed by atoms with van der Waals surface area (Å²) in [5.74, 6) is 0. The molecule has 0 N–H and O–H groups in total. The second kappa shape index (κ2) is 13.6. The van der Waals surface area contributed by atoms with Crippen LogP contribution in [0.1, 0.15) is 22.3 Å². The first-order valence-electron chi connectivity index (χ1n) is 16.1. The summed E-state index contributed by atoms with van der Waals surface area (Å²) in [7, 11) is 0. The van der Waals surface area contributed by atoms with Gasteiger partial charge in [0.05, 0.1) is 0 Å². The molecule has 0 fully saturated rings. The summed E-state index contributed by atoms with van der Waals surface area (Å²) in [5.41, 5.74) is 12.2. The number of nitrogens with zero attached hydrogens (tertiary/aromatic N) is 2. The van der Waals surface area contributed by atoms with Crippen LogP contribution in [0, 0.1) is 113 Å². The topological polar surface area (TPSA) is 6.48 Å². The van der Waals surface area contributed by atoms with Crippen LogP contribution in [0.3, 0.4) is 0 Å². The number of anilines is 6. The molecule has 0 unspecified atom stereocenters. The van der Waals surface area contributed by atoms with Crippen molar-refractivity contribution in [3.8, 4) is 0 Å². The van der Waals surface area contributed by atoms with Crippen LogP contribution in [0.5, 0.6) is 0 Å². The Morgan fingerprint density at radius 2 is 0.609 bits per heavy atom. The Morgan fingerprint density at radius 1 is 0.326 bits per heavy atom. The van der Waals surface area contributed by atoms with Gasteiger partial charge in [0.25, 0.3) is 0 Å². The SMILES string of the molecule is Cc1ccc(N(c2cc[c]([RaH])cc2)c2c3ccc(C)cc3c(N(c3ccc(C)cc3)c3cc[c]([RaH])cc3)c3ccc(C)cc23)cc1. The molecule has 0 heterocycles. The van der Waals surface area contributed by atoms with Gasteiger partial charge in [-0.15, -0.1) is 0 Å². The van der Waals surface area contributed by atoms with Gasteiger partial charge in [-0.05, 0) is 0 Å². The van der Waals surface area contributed by atoms with E-state index < -0.39 is 0 Å². The van der Waals surface area contributed by atoms with Crippen LogP contribution in [-0.2, 0) is 0 Å². The molecule has 7 aromatic rings. The minimum absolute atomic E-state index is 0.293. The van der Waals surface area contributed by atoms with Crippen molar-refractivity contribution in [2.24, 2.45) is 0 Å². The molecule has 0 aliphatic heterocycles. The zero-order valence-corrected chi connectivity index (χ0v) is 44.0. The molecule has 4 heteroatoms. The number of rotatable bonds is 6. The minimum atomic E-state index is 0.293. The summed E-state index contributed by atoms with van der Waals surface area (Å²) in [6, 6.07) is 50.5. The van der Waals surface area contributed by atoms with Crippen LogP contribution in [0.2, 0.25) is 0 Å². The molecular formula is C42H36N2Ra2. The van der Waals surface area contributed by atoms with Gasteiger partial charge in [0, 0.05) is 0 Å². The van der Waals surface area contributed by atoms with E-state index in [0.29, 0.717) is 85.6 Å². The van der Waals surface area contributed by atoms with Crippen molar-refractivity contribution in [2.75, 3.05) is 9.80 Å². The molecule has 0 spiro atoms. The Bertz CT molecular complexity index is 1930. The Hall–Kier alpha value is -2.40. The van der Waals surface area contributed by atoms with E-state index >= 15 is 0 Å². The van der Waals surface area contributed by atoms with E-state index in [1.165, 1.54) is 67.8 Å². The summed E-state index contributed by atoms with van der Waals surface area (Å²) in [6.45, 7) is 8.74. The molecule has 0 saturated heterocycles. The van der Waals surface area contributed by atoms with Crippen LogP contribution in [-0.4, -0.2) is 0 Å². The van der Waals surface area contributed by atoms with E-state index in [4.69, 9.17) is 0 Å². The fourth-order valence-electron chi connectivity index (χ4n) is 6.48.